The van der Waals surface area contributed by atoms with E-state index in [4.69, 9.17) is 4.98 Å². The molecule has 0 saturated heterocycles. The van der Waals surface area contributed by atoms with Crippen molar-refractivity contribution in [2.75, 3.05) is 15.1 Å². The van der Waals surface area contributed by atoms with E-state index < -0.39 is 0 Å². The summed E-state index contributed by atoms with van der Waals surface area (Å²) < 4.78 is 2.24. The van der Waals surface area contributed by atoms with Gasteiger partial charge in [0.15, 0.2) is 7.05 Å². The average molecular weight is 952 g/mol. The molecule has 5 nitrogen and oxygen atoms in total. The molecule has 8 aromatic carbocycles. The van der Waals surface area contributed by atoms with Crippen LogP contribution in [0.15, 0.2) is 212 Å². The summed E-state index contributed by atoms with van der Waals surface area (Å²) in [5.41, 5.74) is 13.0. The molecule has 0 aliphatic heterocycles. The van der Waals surface area contributed by atoms with E-state index in [1.165, 1.54) is 11.1 Å². The number of pyridine rings is 1. The summed E-state index contributed by atoms with van der Waals surface area (Å²) in [6, 6.07) is 78.8. The van der Waals surface area contributed by atoms with Crippen LogP contribution in [0.5, 0.6) is 0 Å². The first-order chi connectivity index (χ1) is 29.2. The fourth-order valence-corrected chi connectivity index (χ4v) is 7.90. The van der Waals surface area contributed by atoms with Crippen molar-refractivity contribution in [2.24, 2.45) is 0 Å². The maximum absolute atomic E-state index is 5.00. The van der Waals surface area contributed by atoms with Crippen LogP contribution in [0.1, 0.15) is 0 Å². The predicted octanol–water partition coefficient (Wildman–Crippen LogP) is 14.3. The number of aromatic nitrogens is 2. The third-order valence-electron chi connectivity index (χ3n) is 10.7. The fourth-order valence-electron chi connectivity index (χ4n) is 7.90. The molecule has 0 radical (unpaired) electrons. The minimum Gasteiger partial charge on any atom is -0.358 e. The number of rotatable bonds is 10. The summed E-state index contributed by atoms with van der Waals surface area (Å²) in [4.78, 5) is 9.13. The van der Waals surface area contributed by atoms with Gasteiger partial charge in [0, 0.05) is 44.2 Å². The molecule has 0 aliphatic rings. The zero-order valence-electron chi connectivity index (χ0n) is 32.5. The van der Waals surface area contributed by atoms with Crippen LogP contribution in [0.4, 0.5) is 39.8 Å². The van der Waals surface area contributed by atoms with Crippen molar-refractivity contribution in [1.29, 1.82) is 0 Å². The first-order valence-electron chi connectivity index (χ1n) is 19.7. The maximum Gasteiger partial charge on any atom is 0.171 e. The maximum atomic E-state index is 5.00. The summed E-state index contributed by atoms with van der Waals surface area (Å²) in [7, 11) is 4.51. The van der Waals surface area contributed by atoms with Crippen molar-refractivity contribution in [3.05, 3.63) is 232 Å². The van der Waals surface area contributed by atoms with Crippen LogP contribution in [-0.2, 0) is 21.1 Å². The zero-order valence-corrected chi connectivity index (χ0v) is 34.8. The number of benzene rings is 8. The second-order valence-electron chi connectivity index (χ2n) is 14.3. The van der Waals surface area contributed by atoms with Crippen molar-refractivity contribution in [1.82, 2.24) is 9.55 Å². The average Bonchev–Trinajstić information content (AvgIpc) is 3.64. The largest absolute Gasteiger partial charge is 0.358 e. The minimum atomic E-state index is 0. The summed E-state index contributed by atoms with van der Waals surface area (Å²) in [5.74, 6) is 0.820. The van der Waals surface area contributed by atoms with Gasteiger partial charge >= 0.3 is 0 Å². The Morgan fingerprint density at radius 1 is 0.517 bits per heavy atom. The Balaban J connectivity index is 0.00000462. The molecule has 0 atom stereocenters. The van der Waals surface area contributed by atoms with Gasteiger partial charge in [-0.2, -0.15) is 12.1 Å². The minimum absolute atomic E-state index is 0. The first kappa shape index (κ1) is 38.2. The van der Waals surface area contributed by atoms with E-state index >= 15 is 0 Å². The van der Waals surface area contributed by atoms with Crippen LogP contribution in [0, 0.1) is 19.2 Å². The molecule has 60 heavy (non-hydrogen) atoms. The van der Waals surface area contributed by atoms with Gasteiger partial charge in [-0.1, -0.05) is 138 Å². The molecule has 0 saturated carbocycles. The van der Waals surface area contributed by atoms with Crippen molar-refractivity contribution in [2.45, 2.75) is 0 Å². The number of hydrogen-bond donors (Lipinski definition) is 1. The molecule has 10 aromatic rings. The van der Waals surface area contributed by atoms with Crippen LogP contribution in [-0.4, -0.2) is 9.55 Å². The van der Waals surface area contributed by atoms with Crippen LogP contribution in [0.2, 0.25) is 0 Å². The molecule has 290 valence electrons. The molecular weight excluding hydrogens is 914 g/mol. The Kier molecular flexibility index (Phi) is 10.7. The van der Waals surface area contributed by atoms with Crippen LogP contribution >= 0.6 is 0 Å². The van der Waals surface area contributed by atoms with Gasteiger partial charge in [-0.3, -0.25) is 0 Å². The topological polar surface area (TPSA) is 36.3 Å². The second-order valence-corrected chi connectivity index (χ2v) is 14.3. The Labute approximate surface area is 365 Å². The van der Waals surface area contributed by atoms with E-state index in [-0.39, 0.29) is 21.1 Å². The number of hydrogen-bond acceptors (Lipinski definition) is 4. The molecule has 0 fully saturated rings. The van der Waals surface area contributed by atoms with Crippen molar-refractivity contribution < 1.29 is 21.1 Å². The molecule has 10 rings (SSSR count). The molecule has 0 bridgehead atoms. The quantitative estimate of drug-likeness (QED) is 0.139. The Bertz CT molecular complexity index is 3050. The molecule has 0 amide bonds. The normalized spacial score (nSPS) is 10.9. The number of nitrogens with zero attached hydrogens (tertiary/aromatic N) is 4. The number of nitrogens with one attached hydrogen (secondary N) is 1. The van der Waals surface area contributed by atoms with Gasteiger partial charge in [-0.15, -0.1) is 35.7 Å². The molecule has 2 heterocycles. The zero-order chi connectivity index (χ0) is 39.5. The first-order valence-corrected chi connectivity index (χ1v) is 19.7. The molecule has 6 heteroatoms. The number of anilines is 7. The van der Waals surface area contributed by atoms with Crippen molar-refractivity contribution in [3.8, 4) is 28.1 Å². The van der Waals surface area contributed by atoms with E-state index in [9.17, 15) is 0 Å². The molecule has 2 aromatic heterocycles. The smallest absolute Gasteiger partial charge is 0.171 e. The molecule has 0 spiro atoms. The van der Waals surface area contributed by atoms with E-state index in [0.717, 1.165) is 78.6 Å². The van der Waals surface area contributed by atoms with Gasteiger partial charge in [0.25, 0.3) is 0 Å². The molecule has 0 unspecified atom stereocenters. The van der Waals surface area contributed by atoms with E-state index in [1.54, 1.807) is 0 Å². The third-order valence-corrected chi connectivity index (χ3v) is 10.7. The van der Waals surface area contributed by atoms with Crippen molar-refractivity contribution >= 4 is 61.6 Å². The SMILES string of the molecule is [CH2+]N(c1[c-]c(N(c2[c-]c3c(cc2)c2ccccc2n3-c2cc(-c3ccccc3-c3ccccc3)ccn2)c2ccccc2)ccc1)c1ccccc1Nc1ccccc1.[Pt]. The van der Waals surface area contributed by atoms with E-state index in [2.05, 4.69) is 198 Å². The predicted molar refractivity (Wildman–Crippen MR) is 245 cm³/mol. The van der Waals surface area contributed by atoms with Gasteiger partial charge in [0.05, 0.1) is 5.69 Å². The van der Waals surface area contributed by atoms with Crippen LogP contribution in [0.3, 0.4) is 0 Å². The standard InChI is InChI=1S/C54H38N5.Pt/c1-57(52-31-16-14-29-50(52)56-41-20-7-3-8-21-41)43-24-17-25-44(37-43)58(42-22-9-4-10-23-42)45-32-33-49-48-28-13-15-30-51(48)59(53(49)38-45)54-36-40(34-35-55-54)47-27-12-11-26-46(47)39-18-5-2-6-19-39;/h2-36,56H,1H2;/q-1;. The Morgan fingerprint density at radius 2 is 1.15 bits per heavy atom. The van der Waals surface area contributed by atoms with Gasteiger partial charge in [0.1, 0.15) is 11.5 Å². The Hall–Kier alpha value is -7.33. The second kappa shape index (κ2) is 16.9. The van der Waals surface area contributed by atoms with E-state index in [1.807, 2.05) is 53.6 Å². The summed E-state index contributed by atoms with van der Waals surface area (Å²) in [6.07, 6.45) is 1.91. The van der Waals surface area contributed by atoms with Gasteiger partial charge in [-0.05, 0) is 87.9 Å². The summed E-state index contributed by atoms with van der Waals surface area (Å²) in [6.45, 7) is 0. The number of para-hydroxylation sites is 5. The molecular formula is C54H38N5Pt-. The Morgan fingerprint density at radius 3 is 1.95 bits per heavy atom. The van der Waals surface area contributed by atoms with Crippen LogP contribution < -0.4 is 15.1 Å². The monoisotopic (exact) mass is 951 g/mol. The van der Waals surface area contributed by atoms with Gasteiger partial charge in [0.2, 0.25) is 0 Å². The fraction of sp³-hybridized carbons (Fsp3) is 0. The third kappa shape index (κ3) is 7.32. The number of fused-ring (bicyclic) bond motifs is 3. The van der Waals surface area contributed by atoms with Crippen LogP contribution in [0.25, 0.3) is 49.9 Å². The molecule has 0 aliphatic carbocycles. The van der Waals surface area contributed by atoms with E-state index in [0.29, 0.717) is 0 Å². The molecule has 1 N–H and O–H groups in total. The van der Waals surface area contributed by atoms with Gasteiger partial charge < -0.3 is 14.8 Å². The van der Waals surface area contributed by atoms with Gasteiger partial charge in [-0.25, -0.2) is 9.88 Å². The summed E-state index contributed by atoms with van der Waals surface area (Å²) in [5, 5.41) is 5.80. The summed E-state index contributed by atoms with van der Waals surface area (Å²) >= 11 is 0. The van der Waals surface area contributed by atoms with Crippen molar-refractivity contribution in [3.63, 3.8) is 0 Å².